The maximum absolute atomic E-state index is 15.6. The second-order valence-electron chi connectivity index (χ2n) is 21.1. The molecule has 0 amide bonds. The van der Waals surface area contributed by atoms with Gasteiger partial charge in [-0.15, -0.1) is 0 Å². The van der Waals surface area contributed by atoms with Crippen LogP contribution >= 0.6 is 0 Å². The van der Waals surface area contributed by atoms with Gasteiger partial charge in [-0.1, -0.05) is 87.6 Å². The van der Waals surface area contributed by atoms with Crippen LogP contribution in [0.25, 0.3) is 0 Å². The number of fused-ring (bicyclic) bond motifs is 9. The fraction of sp³-hybridized carbons (Fsp3) is 0.561. The Labute approximate surface area is 400 Å². The number of nitrogens with one attached hydrogen (secondary N) is 1. The Kier molecular flexibility index (Phi) is 14.2. The van der Waals surface area contributed by atoms with Crippen LogP contribution < -0.4 is 10.1 Å². The predicted molar refractivity (Wildman–Crippen MR) is 258 cm³/mol. The summed E-state index contributed by atoms with van der Waals surface area (Å²) < 4.78 is 12.9. The molecule has 0 saturated heterocycles. The first-order valence-electron chi connectivity index (χ1n) is 25.5. The van der Waals surface area contributed by atoms with Crippen molar-refractivity contribution in [1.29, 1.82) is 0 Å². The fourth-order valence-electron chi connectivity index (χ4n) is 12.8. The van der Waals surface area contributed by atoms with Crippen molar-refractivity contribution in [3.05, 3.63) is 99.1 Å². The van der Waals surface area contributed by atoms with E-state index in [0.717, 1.165) is 56.1 Å². The van der Waals surface area contributed by atoms with Crippen molar-refractivity contribution < 1.29 is 49.4 Å². The molecule has 8 unspecified atom stereocenters. The molecule has 0 aromatic heterocycles. The maximum Gasteiger partial charge on any atom is 0.334 e. The first-order chi connectivity index (χ1) is 32.8. The number of phenolic OH excluding ortho intramolecular Hbond substituents is 1. The Morgan fingerprint density at radius 3 is 2.43 bits per heavy atom. The van der Waals surface area contributed by atoms with Gasteiger partial charge in [-0.3, -0.25) is 9.59 Å². The normalized spacial score (nSPS) is 28.9. The van der Waals surface area contributed by atoms with E-state index < -0.39 is 59.0 Å². The van der Waals surface area contributed by atoms with Gasteiger partial charge in [-0.05, 0) is 129 Å². The van der Waals surface area contributed by atoms with E-state index in [1.54, 1.807) is 19.1 Å². The zero-order valence-corrected chi connectivity index (χ0v) is 39.7. The summed E-state index contributed by atoms with van der Waals surface area (Å²) in [6.45, 7) is 3.62. The molecule has 3 aliphatic carbocycles. The van der Waals surface area contributed by atoms with Crippen LogP contribution in [-0.4, -0.2) is 73.7 Å². The lowest BCUT2D eigenvalue weighted by Crippen LogP contribution is -2.54. The molecular formula is C57H69NO10. The first kappa shape index (κ1) is 48.1. The number of aromatic hydroxyl groups is 1. The zero-order chi connectivity index (χ0) is 47.7. The molecule has 3 aromatic carbocycles. The quantitative estimate of drug-likeness (QED) is 0.0723. The van der Waals surface area contributed by atoms with Crippen LogP contribution in [0.4, 0.5) is 5.69 Å². The summed E-state index contributed by atoms with van der Waals surface area (Å²) in [5, 5.41) is 62.9. The molecule has 6 N–H and O–H groups in total. The number of ether oxygens (including phenoxy) is 2. The predicted octanol–water partition coefficient (Wildman–Crippen LogP) is 8.63. The lowest BCUT2D eigenvalue weighted by molar-refractivity contribution is -0.176. The number of hydrogen-bond donors (Lipinski definition) is 6. The van der Waals surface area contributed by atoms with E-state index in [9.17, 15) is 35.1 Å². The highest BCUT2D eigenvalue weighted by Crippen LogP contribution is 2.52. The van der Waals surface area contributed by atoms with Crippen molar-refractivity contribution in [3.63, 3.8) is 0 Å². The van der Waals surface area contributed by atoms with Crippen LogP contribution in [0.5, 0.6) is 11.5 Å². The average Bonchev–Trinajstić information content (AvgIpc) is 3.84. The van der Waals surface area contributed by atoms with E-state index >= 15 is 4.79 Å². The third kappa shape index (κ3) is 9.63. The van der Waals surface area contributed by atoms with Gasteiger partial charge in [0.1, 0.15) is 29.0 Å². The minimum absolute atomic E-state index is 0.0250. The minimum Gasteiger partial charge on any atom is -0.507 e. The second-order valence-corrected chi connectivity index (χ2v) is 21.1. The van der Waals surface area contributed by atoms with Crippen molar-refractivity contribution in [2.75, 3.05) is 11.9 Å². The molecule has 6 aliphatic rings. The number of anilines is 1. The third-order valence-corrected chi connectivity index (χ3v) is 16.4. The molecule has 362 valence electrons. The van der Waals surface area contributed by atoms with Crippen LogP contribution in [-0.2, 0) is 44.0 Å². The number of rotatable bonds is 8. The van der Waals surface area contributed by atoms with Gasteiger partial charge < -0.3 is 40.3 Å². The van der Waals surface area contributed by atoms with Crippen molar-refractivity contribution in [2.24, 2.45) is 11.8 Å². The highest BCUT2D eigenvalue weighted by Gasteiger charge is 2.50. The molecule has 8 atom stereocenters. The number of aliphatic hydroxyl groups excluding tert-OH is 3. The number of ketones is 1. The summed E-state index contributed by atoms with van der Waals surface area (Å²) >= 11 is 0. The fourth-order valence-corrected chi connectivity index (χ4v) is 12.8. The molecule has 0 radical (unpaired) electrons. The lowest BCUT2D eigenvalue weighted by atomic mass is 9.66. The van der Waals surface area contributed by atoms with Crippen LogP contribution in [0.3, 0.4) is 0 Å². The summed E-state index contributed by atoms with van der Waals surface area (Å²) in [6.07, 6.45) is 8.60. The van der Waals surface area contributed by atoms with Crippen LogP contribution in [0.2, 0.25) is 0 Å². The molecule has 3 fully saturated rings. The summed E-state index contributed by atoms with van der Waals surface area (Å²) in [5.74, 6) is 3.96. The molecule has 8 bridgehead atoms. The van der Waals surface area contributed by atoms with Crippen LogP contribution in [0.1, 0.15) is 173 Å². The summed E-state index contributed by atoms with van der Waals surface area (Å²) in [5.41, 5.74) is 3.33. The van der Waals surface area contributed by atoms with E-state index in [4.69, 9.17) is 9.47 Å². The van der Waals surface area contributed by atoms with Gasteiger partial charge in [0, 0.05) is 59.0 Å². The van der Waals surface area contributed by atoms with Gasteiger partial charge in [-0.25, -0.2) is 4.79 Å². The van der Waals surface area contributed by atoms with Crippen LogP contribution in [0.15, 0.2) is 60.2 Å². The Hall–Kier alpha value is -4.99. The molecule has 11 heteroatoms. The smallest absolute Gasteiger partial charge is 0.334 e. The molecule has 11 nitrogen and oxygen atoms in total. The highest BCUT2D eigenvalue weighted by molar-refractivity contribution is 5.89. The Balaban J connectivity index is 1.30. The molecule has 3 heterocycles. The van der Waals surface area contributed by atoms with Gasteiger partial charge in [0.15, 0.2) is 0 Å². The number of carbonyl (C=O) groups excluding carboxylic acids is 3. The van der Waals surface area contributed by atoms with Crippen molar-refractivity contribution in [1.82, 2.24) is 0 Å². The van der Waals surface area contributed by atoms with E-state index in [0.29, 0.717) is 77.8 Å². The van der Waals surface area contributed by atoms with Crippen molar-refractivity contribution >= 4 is 23.4 Å². The number of hydrogen-bond acceptors (Lipinski definition) is 11. The lowest BCUT2D eigenvalue weighted by Gasteiger charge is -2.45. The van der Waals surface area contributed by atoms with Crippen molar-refractivity contribution in [2.45, 2.75) is 183 Å². The Bertz CT molecular complexity index is 2490. The monoisotopic (exact) mass is 927 g/mol. The van der Waals surface area contributed by atoms with E-state index in [-0.39, 0.29) is 74.2 Å². The first-order valence-corrected chi connectivity index (χ1v) is 25.5. The standard InChI is InChI=1S/C57H69NO10/c1-3-18-57(66)45-16-17-48(61)41(26-45)21-35-10-9-13-44(23-35)56(19-7-8-20-56)49(62)29-43-25-38(40-22-36(33-59)24-46(27-40)58-32-34(2)60)14-15-39-31-51(63)68-54-47(39)28-42(30-50(57)67-55(43)65)53(64)52(54)37-11-5-4-6-12-37/h9-10,13,22-24,27-29,34,37-39,41,45,49-50,58-60,62,64,66H,3-8,11-12,16-21,25-26,30-33H2,1-2H3. The number of aliphatic hydroxyl groups is 4. The number of carbonyl (C=O) groups is 3. The molecule has 68 heavy (non-hydrogen) atoms. The van der Waals surface area contributed by atoms with E-state index in [1.165, 1.54) is 0 Å². The number of phenols is 1. The summed E-state index contributed by atoms with van der Waals surface area (Å²) in [6, 6.07) is 15.6. The van der Waals surface area contributed by atoms with Gasteiger partial charge >= 0.3 is 11.9 Å². The van der Waals surface area contributed by atoms with Crippen molar-refractivity contribution in [3.8, 4) is 23.3 Å². The summed E-state index contributed by atoms with van der Waals surface area (Å²) in [4.78, 5) is 43.1. The topological polar surface area (TPSA) is 183 Å². The van der Waals surface area contributed by atoms with Gasteiger partial charge in [-0.2, -0.15) is 0 Å². The molecule has 3 saturated carbocycles. The SMILES string of the molecule is CCCC1(O)C2CCC(=O)C(Cc3cccc(c3)C3(CCCC3)C(O)C=C3CC(c4cc(CO)cc(NCC(C)O)c4)C#CC4CC(=O)Oc5c4cc(c(O)c5C4CCCCC4)CC1OC3=O)C2. The molecule has 9 rings (SSSR count). The number of esters is 2. The molecule has 3 aliphatic heterocycles. The second kappa shape index (κ2) is 20.2. The largest absolute Gasteiger partial charge is 0.507 e. The van der Waals surface area contributed by atoms with E-state index in [2.05, 4.69) is 23.2 Å². The minimum atomic E-state index is -1.63. The Morgan fingerprint density at radius 2 is 1.68 bits per heavy atom. The number of Topliss-reactive ketones (excluding diaryl/α,β-unsaturated/α-hetero) is 1. The average molecular weight is 928 g/mol. The molecular weight excluding hydrogens is 859 g/mol. The van der Waals surface area contributed by atoms with Gasteiger partial charge in [0.2, 0.25) is 0 Å². The zero-order valence-electron chi connectivity index (χ0n) is 39.7. The van der Waals surface area contributed by atoms with E-state index in [1.807, 2.05) is 43.3 Å². The molecule has 3 aromatic rings. The summed E-state index contributed by atoms with van der Waals surface area (Å²) in [7, 11) is 0. The Morgan fingerprint density at radius 1 is 0.897 bits per heavy atom. The van der Waals surface area contributed by atoms with Gasteiger partial charge in [0.05, 0.1) is 31.2 Å². The molecule has 1 spiro atoms. The van der Waals surface area contributed by atoms with Gasteiger partial charge in [0.25, 0.3) is 0 Å². The highest BCUT2D eigenvalue weighted by atomic mass is 16.6. The van der Waals surface area contributed by atoms with Crippen LogP contribution in [0, 0.1) is 23.7 Å². The third-order valence-electron chi connectivity index (χ3n) is 16.4. The maximum atomic E-state index is 15.6. The number of benzene rings is 3.